The number of hydrogen-bond donors (Lipinski definition) is 1. The van der Waals surface area contributed by atoms with E-state index in [0.717, 1.165) is 6.42 Å². The maximum absolute atomic E-state index is 13.9. The van der Waals surface area contributed by atoms with Gasteiger partial charge in [-0.1, -0.05) is 24.6 Å². The van der Waals surface area contributed by atoms with Gasteiger partial charge < -0.3 is 10.3 Å². The normalized spacial score (nSPS) is 12.7. The molecule has 0 bridgehead atoms. The van der Waals surface area contributed by atoms with E-state index in [2.05, 4.69) is 10.1 Å². The van der Waals surface area contributed by atoms with E-state index >= 15 is 0 Å². The molecule has 2 aromatic rings. The van der Waals surface area contributed by atoms with Crippen molar-refractivity contribution >= 4 is 0 Å². The molecule has 1 aromatic carbocycles. The summed E-state index contributed by atoms with van der Waals surface area (Å²) in [5.74, 6) is -1.35. The molecule has 6 heteroatoms. The maximum atomic E-state index is 13.9. The van der Waals surface area contributed by atoms with Crippen molar-refractivity contribution in [1.82, 2.24) is 10.1 Å². The van der Waals surface area contributed by atoms with E-state index in [9.17, 15) is 8.78 Å². The molecule has 0 aliphatic heterocycles. The van der Waals surface area contributed by atoms with Gasteiger partial charge in [0, 0.05) is 0 Å². The molecule has 0 aliphatic carbocycles. The Hall–Kier alpha value is -1.82. The van der Waals surface area contributed by atoms with Gasteiger partial charge in [0.15, 0.2) is 5.82 Å². The molecule has 0 fully saturated rings. The monoisotopic (exact) mass is 267 g/mol. The first kappa shape index (κ1) is 13.6. The van der Waals surface area contributed by atoms with Crippen LogP contribution in [0.4, 0.5) is 8.78 Å². The molecule has 0 amide bonds. The van der Waals surface area contributed by atoms with E-state index in [1.165, 1.54) is 12.1 Å². The van der Waals surface area contributed by atoms with E-state index in [1.807, 2.05) is 6.92 Å². The summed E-state index contributed by atoms with van der Waals surface area (Å²) >= 11 is 0. The van der Waals surface area contributed by atoms with Crippen molar-refractivity contribution in [3.8, 4) is 11.5 Å². The van der Waals surface area contributed by atoms with Gasteiger partial charge >= 0.3 is 0 Å². The van der Waals surface area contributed by atoms with Crippen LogP contribution in [0.25, 0.3) is 11.5 Å². The number of nitrogens with zero attached hydrogens (tertiary/aromatic N) is 2. The average Bonchev–Trinajstić information content (AvgIpc) is 2.84. The third-order valence-electron chi connectivity index (χ3n) is 2.87. The molecule has 0 spiro atoms. The summed E-state index contributed by atoms with van der Waals surface area (Å²) in [5.41, 5.74) is 5.84. The minimum absolute atomic E-state index is 0.180. The van der Waals surface area contributed by atoms with Crippen molar-refractivity contribution in [2.45, 2.75) is 32.7 Å². The lowest BCUT2D eigenvalue weighted by Crippen LogP contribution is -2.11. The zero-order chi connectivity index (χ0) is 14.0. The number of rotatable bonds is 4. The van der Waals surface area contributed by atoms with Gasteiger partial charge in [-0.25, -0.2) is 8.78 Å². The molecular weight excluding hydrogens is 252 g/mol. The molecular formula is C13H15F2N3O. The van der Waals surface area contributed by atoms with Gasteiger partial charge in [-0.05, 0) is 25.0 Å². The van der Waals surface area contributed by atoms with Crippen LogP contribution in [0.15, 0.2) is 16.7 Å². The third-order valence-corrected chi connectivity index (χ3v) is 2.87. The molecule has 1 heterocycles. The van der Waals surface area contributed by atoms with Crippen molar-refractivity contribution in [3.05, 3.63) is 35.2 Å². The smallest absolute Gasteiger partial charge is 0.263 e. The fraction of sp³-hybridized carbons (Fsp3) is 0.385. The first-order valence-electron chi connectivity index (χ1n) is 6.08. The van der Waals surface area contributed by atoms with Crippen LogP contribution in [0, 0.1) is 18.6 Å². The lowest BCUT2D eigenvalue weighted by molar-refractivity contribution is 0.409. The minimum Gasteiger partial charge on any atom is -0.334 e. The van der Waals surface area contributed by atoms with Gasteiger partial charge in [0.05, 0.1) is 6.04 Å². The van der Waals surface area contributed by atoms with Crippen LogP contribution in [-0.2, 0) is 0 Å². The Morgan fingerprint density at radius 1 is 1.37 bits per heavy atom. The largest absolute Gasteiger partial charge is 0.334 e. The second-order valence-electron chi connectivity index (χ2n) is 4.41. The van der Waals surface area contributed by atoms with Crippen LogP contribution in [0.3, 0.4) is 0 Å². The number of aromatic nitrogens is 2. The predicted molar refractivity (Wildman–Crippen MR) is 66.2 cm³/mol. The number of hydrogen-bond acceptors (Lipinski definition) is 4. The summed E-state index contributed by atoms with van der Waals surface area (Å²) in [4.78, 5) is 3.98. The Bertz CT molecular complexity index is 583. The highest BCUT2D eigenvalue weighted by molar-refractivity contribution is 5.56. The van der Waals surface area contributed by atoms with Crippen molar-refractivity contribution in [3.63, 3.8) is 0 Å². The number of nitrogens with two attached hydrogens (primary N) is 1. The second kappa shape index (κ2) is 5.44. The van der Waals surface area contributed by atoms with E-state index in [4.69, 9.17) is 10.3 Å². The Balaban J connectivity index is 2.41. The Kier molecular flexibility index (Phi) is 3.90. The van der Waals surface area contributed by atoms with Gasteiger partial charge in [0.25, 0.3) is 5.89 Å². The number of aryl methyl sites for hydroxylation is 1. The third kappa shape index (κ3) is 2.63. The maximum Gasteiger partial charge on any atom is 0.263 e. The summed E-state index contributed by atoms with van der Waals surface area (Å²) in [6.07, 6.45) is 1.54. The van der Waals surface area contributed by atoms with E-state index in [1.54, 1.807) is 6.92 Å². The van der Waals surface area contributed by atoms with Crippen molar-refractivity contribution in [1.29, 1.82) is 0 Å². The highest BCUT2D eigenvalue weighted by Crippen LogP contribution is 2.27. The molecule has 0 radical (unpaired) electrons. The fourth-order valence-electron chi connectivity index (χ4n) is 1.78. The average molecular weight is 267 g/mol. The van der Waals surface area contributed by atoms with Crippen LogP contribution in [0.5, 0.6) is 0 Å². The zero-order valence-electron chi connectivity index (χ0n) is 10.8. The van der Waals surface area contributed by atoms with Crippen molar-refractivity contribution < 1.29 is 13.3 Å². The van der Waals surface area contributed by atoms with Gasteiger partial charge in [0.1, 0.15) is 17.2 Å². The fourth-order valence-corrected chi connectivity index (χ4v) is 1.78. The van der Waals surface area contributed by atoms with Crippen molar-refractivity contribution in [2.75, 3.05) is 0 Å². The molecule has 2 N–H and O–H groups in total. The zero-order valence-corrected chi connectivity index (χ0v) is 10.8. The number of halogens is 2. The molecule has 1 unspecified atom stereocenters. The van der Waals surface area contributed by atoms with Crippen LogP contribution in [0.2, 0.25) is 0 Å². The predicted octanol–water partition coefficient (Wildman–Crippen LogP) is 3.12. The van der Waals surface area contributed by atoms with Crippen LogP contribution < -0.4 is 5.73 Å². The van der Waals surface area contributed by atoms with E-state index < -0.39 is 17.7 Å². The Morgan fingerprint density at radius 3 is 2.79 bits per heavy atom. The molecule has 102 valence electrons. The summed E-state index contributed by atoms with van der Waals surface area (Å²) in [6, 6.07) is 2.14. The molecule has 4 nitrogen and oxygen atoms in total. The SMILES string of the molecule is CCCC(N)c1noc(-c2c(F)ccc(C)c2F)n1. The summed E-state index contributed by atoms with van der Waals surface area (Å²) in [6.45, 7) is 3.51. The molecule has 0 saturated carbocycles. The first-order chi connectivity index (χ1) is 9.04. The van der Waals surface area contributed by atoms with Crippen LogP contribution in [-0.4, -0.2) is 10.1 Å². The highest BCUT2D eigenvalue weighted by atomic mass is 19.1. The quantitative estimate of drug-likeness (QED) is 0.924. The molecule has 0 aliphatic rings. The lowest BCUT2D eigenvalue weighted by Gasteiger charge is -2.03. The van der Waals surface area contributed by atoms with E-state index in [-0.39, 0.29) is 17.3 Å². The van der Waals surface area contributed by atoms with Gasteiger partial charge in [-0.15, -0.1) is 0 Å². The summed E-state index contributed by atoms with van der Waals surface area (Å²) in [5, 5.41) is 3.68. The molecule has 0 saturated heterocycles. The molecule has 19 heavy (non-hydrogen) atoms. The Morgan fingerprint density at radius 2 is 2.11 bits per heavy atom. The van der Waals surface area contributed by atoms with Gasteiger partial charge in [-0.2, -0.15) is 4.98 Å². The van der Waals surface area contributed by atoms with Crippen molar-refractivity contribution in [2.24, 2.45) is 5.73 Å². The standard InChI is InChI=1S/C13H15F2N3O/c1-3-4-9(16)12-17-13(19-18-12)10-8(14)6-5-7(2)11(10)15/h5-6,9H,3-4,16H2,1-2H3. The van der Waals surface area contributed by atoms with Gasteiger partial charge in [0.2, 0.25) is 0 Å². The van der Waals surface area contributed by atoms with Crippen LogP contribution >= 0.6 is 0 Å². The molecule has 2 rings (SSSR count). The second-order valence-corrected chi connectivity index (χ2v) is 4.41. The highest BCUT2D eigenvalue weighted by Gasteiger charge is 2.21. The minimum atomic E-state index is -0.734. The number of benzene rings is 1. The van der Waals surface area contributed by atoms with E-state index in [0.29, 0.717) is 12.0 Å². The molecule has 1 atom stereocenters. The van der Waals surface area contributed by atoms with Gasteiger partial charge in [-0.3, -0.25) is 0 Å². The van der Waals surface area contributed by atoms with Crippen LogP contribution in [0.1, 0.15) is 37.2 Å². The summed E-state index contributed by atoms with van der Waals surface area (Å²) in [7, 11) is 0. The molecule has 1 aromatic heterocycles. The topological polar surface area (TPSA) is 64.9 Å². The first-order valence-corrected chi connectivity index (χ1v) is 6.08. The lowest BCUT2D eigenvalue weighted by atomic mass is 10.1. The Labute approximate surface area is 109 Å². The summed E-state index contributed by atoms with van der Waals surface area (Å²) < 4.78 is 32.5.